The number of esters is 1. The van der Waals surface area contributed by atoms with Crippen molar-refractivity contribution in [3.63, 3.8) is 0 Å². The largest absolute Gasteiger partial charge is 0.460 e. The summed E-state index contributed by atoms with van der Waals surface area (Å²) in [5, 5.41) is 43.5. The number of cyclic esters (lactones) is 1. The van der Waals surface area contributed by atoms with Gasteiger partial charge in [0, 0.05) is 44.8 Å². The summed E-state index contributed by atoms with van der Waals surface area (Å²) >= 11 is 0. The van der Waals surface area contributed by atoms with Crippen LogP contribution in [0.1, 0.15) is 125 Å². The summed E-state index contributed by atoms with van der Waals surface area (Å²) in [6, 6.07) is -1.06. The fourth-order valence-electron chi connectivity index (χ4n) is 9.04. The summed E-state index contributed by atoms with van der Waals surface area (Å²) in [7, 11) is 1.59. The molecule has 0 radical (unpaired) electrons. The lowest BCUT2D eigenvalue weighted by Gasteiger charge is -2.42. The zero-order chi connectivity index (χ0) is 42.7. The normalized spacial score (nSPS) is 40.8. The standard InChI is InChI=1S/C46H71NO11/c1-28-13-9-8-10-14-30(3)42(56-7)26-35-19-17-33(6)46(55,58-35)43(52)44(53)47-22-12-11-15-36(47)45(54)57-41(32(5)24-34-18-20-37(48)40(51)25-34)21-16-29(2)38(49)27-39(50)31(4)23-28/h8-10,13-14,16,28,31-38,40-42,48-49,51,55H,11-12,15,17-27H2,1-7H3/b10-8+,13-9+,29-16-,30-14+/t28-,31-,32-,33-,34+,35+,36+,37-,38-,40-,41?,42+,46-/m1/s1. The second kappa shape index (κ2) is 22.0. The van der Waals surface area contributed by atoms with Crippen molar-refractivity contribution in [2.75, 3.05) is 13.7 Å². The van der Waals surface area contributed by atoms with Gasteiger partial charge in [0.25, 0.3) is 11.7 Å². The van der Waals surface area contributed by atoms with E-state index in [0.717, 1.165) is 5.57 Å². The molecule has 3 aliphatic heterocycles. The lowest BCUT2D eigenvalue weighted by Crippen LogP contribution is -2.61. The zero-order valence-corrected chi connectivity index (χ0v) is 35.9. The second-order valence-corrected chi connectivity index (χ2v) is 17.9. The Hall–Kier alpha value is -3.00. The van der Waals surface area contributed by atoms with E-state index < -0.39 is 65.9 Å². The number of ketones is 2. The van der Waals surface area contributed by atoms with Crippen molar-refractivity contribution in [1.82, 2.24) is 4.90 Å². The first kappa shape index (κ1) is 47.7. The van der Waals surface area contributed by atoms with Crippen LogP contribution in [0.4, 0.5) is 0 Å². The molecule has 0 spiro atoms. The maximum atomic E-state index is 14.2. The average Bonchev–Trinajstić information content (AvgIpc) is 3.19. The van der Waals surface area contributed by atoms with Gasteiger partial charge in [0.15, 0.2) is 0 Å². The topological polar surface area (TPSA) is 180 Å². The molecule has 58 heavy (non-hydrogen) atoms. The summed E-state index contributed by atoms with van der Waals surface area (Å²) < 4.78 is 18.2. The zero-order valence-electron chi connectivity index (χ0n) is 35.9. The molecule has 0 aromatic carbocycles. The molecule has 12 heteroatoms. The van der Waals surface area contributed by atoms with E-state index in [4.69, 9.17) is 14.2 Å². The van der Waals surface area contributed by atoms with E-state index in [9.17, 15) is 39.6 Å². The Morgan fingerprint density at radius 1 is 0.897 bits per heavy atom. The van der Waals surface area contributed by atoms with Crippen molar-refractivity contribution in [1.29, 1.82) is 0 Å². The van der Waals surface area contributed by atoms with Gasteiger partial charge >= 0.3 is 5.97 Å². The Bertz CT molecular complexity index is 1540. The predicted molar refractivity (Wildman–Crippen MR) is 220 cm³/mol. The third-order valence-corrected chi connectivity index (χ3v) is 13.1. The third-order valence-electron chi connectivity index (χ3n) is 13.1. The molecule has 4 N–H and O–H groups in total. The van der Waals surface area contributed by atoms with Crippen molar-refractivity contribution < 1.29 is 53.8 Å². The molecule has 1 unspecified atom stereocenters. The highest BCUT2D eigenvalue weighted by molar-refractivity contribution is 6.39. The molecule has 3 heterocycles. The van der Waals surface area contributed by atoms with Crippen LogP contribution in [0, 0.1) is 29.6 Å². The summed E-state index contributed by atoms with van der Waals surface area (Å²) in [6.07, 6.45) is 13.1. The van der Waals surface area contributed by atoms with E-state index in [1.807, 2.05) is 58.1 Å². The van der Waals surface area contributed by atoms with Crippen LogP contribution in [0.3, 0.4) is 0 Å². The van der Waals surface area contributed by atoms with Gasteiger partial charge in [0.05, 0.1) is 30.5 Å². The van der Waals surface area contributed by atoms with Crippen molar-refractivity contribution in [3.8, 4) is 0 Å². The van der Waals surface area contributed by atoms with Crippen molar-refractivity contribution >= 4 is 23.4 Å². The lowest BCUT2D eigenvalue weighted by atomic mass is 9.79. The first-order valence-electron chi connectivity index (χ1n) is 21.7. The molecule has 2 bridgehead atoms. The van der Waals surface area contributed by atoms with E-state index in [1.54, 1.807) is 27.0 Å². The maximum Gasteiger partial charge on any atom is 0.329 e. The molecule has 3 fully saturated rings. The van der Waals surface area contributed by atoms with Gasteiger partial charge in [-0.05, 0) is 107 Å². The predicted octanol–water partition coefficient (Wildman–Crippen LogP) is 5.70. The van der Waals surface area contributed by atoms with E-state index >= 15 is 0 Å². The number of amides is 1. The fraction of sp³-hybridized carbons (Fsp3) is 0.739. The number of rotatable bonds is 4. The minimum absolute atomic E-state index is 0.0453. The Morgan fingerprint density at radius 3 is 2.34 bits per heavy atom. The van der Waals surface area contributed by atoms with Crippen molar-refractivity contribution in [3.05, 3.63) is 47.6 Å². The number of aliphatic hydroxyl groups is 4. The molecule has 12 nitrogen and oxygen atoms in total. The third kappa shape index (κ3) is 12.8. The van der Waals surface area contributed by atoms with Gasteiger partial charge in [-0.25, -0.2) is 4.79 Å². The van der Waals surface area contributed by atoms with Crippen LogP contribution in [0.15, 0.2) is 47.6 Å². The number of fused-ring (bicyclic) bond motifs is 3. The smallest absolute Gasteiger partial charge is 0.329 e. The van der Waals surface area contributed by atoms with Gasteiger partial charge in [-0.1, -0.05) is 64.2 Å². The van der Waals surface area contributed by atoms with Gasteiger partial charge in [-0.15, -0.1) is 0 Å². The summed E-state index contributed by atoms with van der Waals surface area (Å²) in [6.45, 7) is 11.4. The molecule has 1 saturated carbocycles. The average molecular weight is 814 g/mol. The summed E-state index contributed by atoms with van der Waals surface area (Å²) in [4.78, 5) is 56.8. The van der Waals surface area contributed by atoms with Crippen LogP contribution in [0.2, 0.25) is 0 Å². The first-order valence-corrected chi connectivity index (χ1v) is 21.7. The summed E-state index contributed by atoms with van der Waals surface area (Å²) in [5.74, 6) is -6.14. The molecule has 326 valence electrons. The number of ether oxygens (including phenoxy) is 3. The van der Waals surface area contributed by atoms with Gasteiger partial charge in [0.2, 0.25) is 5.79 Å². The number of piperidine rings is 1. The van der Waals surface area contributed by atoms with Crippen LogP contribution in [0.5, 0.6) is 0 Å². The van der Waals surface area contributed by atoms with E-state index in [-0.39, 0.29) is 61.4 Å². The number of carbonyl (C=O) groups excluding carboxylic acids is 4. The molecular formula is C46H71NO11. The van der Waals surface area contributed by atoms with Crippen LogP contribution < -0.4 is 0 Å². The molecule has 13 atom stereocenters. The van der Waals surface area contributed by atoms with Crippen LogP contribution in [0.25, 0.3) is 0 Å². The Morgan fingerprint density at radius 2 is 1.64 bits per heavy atom. The lowest BCUT2D eigenvalue weighted by molar-refractivity contribution is -0.265. The van der Waals surface area contributed by atoms with Crippen molar-refractivity contribution in [2.24, 2.45) is 29.6 Å². The molecule has 1 amide bonds. The van der Waals surface area contributed by atoms with Crippen LogP contribution in [-0.2, 0) is 33.4 Å². The first-order chi connectivity index (χ1) is 27.4. The highest BCUT2D eigenvalue weighted by atomic mass is 16.6. The Kier molecular flexibility index (Phi) is 18.1. The number of nitrogens with zero attached hydrogens (tertiary/aromatic N) is 1. The monoisotopic (exact) mass is 814 g/mol. The van der Waals surface area contributed by atoms with Gasteiger partial charge in [-0.3, -0.25) is 14.4 Å². The molecular weight excluding hydrogens is 743 g/mol. The number of hydrogen-bond donors (Lipinski definition) is 4. The fourth-order valence-corrected chi connectivity index (χ4v) is 9.04. The molecule has 1 aliphatic carbocycles. The highest BCUT2D eigenvalue weighted by Gasteiger charge is 2.53. The Labute approximate surface area is 345 Å². The number of allylic oxidation sites excluding steroid dienone is 5. The number of methoxy groups -OCH3 is 1. The quantitative estimate of drug-likeness (QED) is 0.156. The Balaban J connectivity index is 1.65. The number of aliphatic hydroxyl groups excluding tert-OH is 3. The van der Waals surface area contributed by atoms with Gasteiger partial charge < -0.3 is 39.5 Å². The van der Waals surface area contributed by atoms with Gasteiger partial charge in [-0.2, -0.15) is 0 Å². The van der Waals surface area contributed by atoms with Gasteiger partial charge in [0.1, 0.15) is 17.9 Å². The highest BCUT2D eigenvalue weighted by Crippen LogP contribution is 2.37. The minimum atomic E-state index is -2.38. The number of carbonyl (C=O) groups is 4. The van der Waals surface area contributed by atoms with E-state index in [2.05, 4.69) is 0 Å². The molecule has 2 saturated heterocycles. The SMILES string of the molecule is CO[C@H]1C[C@@H]2CC[C@@H](C)[C@@](O)(O2)C(=O)C(=O)N2CCCC[C@H]2C(=O)OC([C@H](C)C[C@@H]2CC[C@@H](O)[C@H](O)C2)C/C=C(/C)[C@H](O)CC(=O)[C@H](C)C[C@H](C)/C=C/C=C/C=C/1C. The molecule has 4 aliphatic rings. The second-order valence-electron chi connectivity index (χ2n) is 17.9. The molecule has 4 rings (SSSR count). The number of hydrogen-bond acceptors (Lipinski definition) is 11. The van der Waals surface area contributed by atoms with E-state index in [0.29, 0.717) is 69.8 Å². The minimum Gasteiger partial charge on any atom is -0.460 e. The van der Waals surface area contributed by atoms with Crippen LogP contribution in [-0.4, -0.2) is 111 Å². The maximum absolute atomic E-state index is 14.2. The van der Waals surface area contributed by atoms with E-state index in [1.165, 1.54) is 4.90 Å². The number of Topliss-reactive ketones (excluding diaryl/α,β-unsaturated/α-hetero) is 2. The van der Waals surface area contributed by atoms with Crippen LogP contribution >= 0.6 is 0 Å². The summed E-state index contributed by atoms with van der Waals surface area (Å²) in [5.41, 5.74) is 1.48. The molecule has 0 aromatic rings. The van der Waals surface area contributed by atoms with Crippen molar-refractivity contribution in [2.45, 2.75) is 173 Å². The molecule has 0 aromatic heterocycles.